The van der Waals surface area contributed by atoms with Gasteiger partial charge in [0.1, 0.15) is 0 Å². The smallest absolute Gasteiger partial charge is 0.175 e. The van der Waals surface area contributed by atoms with Gasteiger partial charge < -0.3 is 14.5 Å². The summed E-state index contributed by atoms with van der Waals surface area (Å²) in [5.74, 6) is -0.453. The fraction of sp³-hybridized carbons (Fsp3) is 0.154. The van der Waals surface area contributed by atoms with Crippen molar-refractivity contribution in [3.05, 3.63) is 95.2 Å². The summed E-state index contributed by atoms with van der Waals surface area (Å²) in [5, 5.41) is 0.985. The number of benzene rings is 3. The molecule has 154 valence electrons. The Bertz CT molecular complexity index is 1280. The second kappa shape index (κ2) is 7.43. The fourth-order valence-electron chi connectivity index (χ4n) is 4.62. The van der Waals surface area contributed by atoms with E-state index in [0.29, 0.717) is 22.6 Å². The maximum Gasteiger partial charge on any atom is 0.175 e. The van der Waals surface area contributed by atoms with Crippen molar-refractivity contribution in [3.8, 4) is 11.5 Å². The lowest BCUT2D eigenvalue weighted by Gasteiger charge is -2.23. The molecule has 0 aliphatic heterocycles. The number of fused-ring (bicyclic) bond motifs is 2. The van der Waals surface area contributed by atoms with Crippen molar-refractivity contribution in [2.75, 3.05) is 14.2 Å². The molecular weight excluding hydrogens is 390 g/mol. The van der Waals surface area contributed by atoms with Crippen LogP contribution in [0.15, 0.2) is 72.9 Å². The molecule has 0 bridgehead atoms. The number of ketones is 2. The van der Waals surface area contributed by atoms with E-state index in [1.54, 1.807) is 38.5 Å². The SMILES string of the molecule is COc1ccc(C(c2c[nH]c3ccccc23)C2C(=O)c3ccccc3C2=O)cc1OC. The quantitative estimate of drug-likeness (QED) is 0.469. The zero-order chi connectivity index (χ0) is 21.5. The van der Waals surface area contributed by atoms with E-state index >= 15 is 0 Å². The number of hydrogen-bond acceptors (Lipinski definition) is 4. The van der Waals surface area contributed by atoms with Gasteiger partial charge >= 0.3 is 0 Å². The normalized spacial score (nSPS) is 14.6. The van der Waals surface area contributed by atoms with E-state index in [9.17, 15) is 9.59 Å². The Hall–Kier alpha value is -3.86. The van der Waals surface area contributed by atoms with Crippen molar-refractivity contribution in [1.82, 2.24) is 4.98 Å². The summed E-state index contributed by atoms with van der Waals surface area (Å²) in [6, 6.07) is 20.5. The number of nitrogens with one attached hydrogen (secondary N) is 1. The molecule has 3 aromatic carbocycles. The number of aromatic nitrogens is 1. The van der Waals surface area contributed by atoms with Crippen LogP contribution in [0, 0.1) is 5.92 Å². The molecule has 31 heavy (non-hydrogen) atoms. The molecule has 0 amide bonds. The van der Waals surface area contributed by atoms with Crippen LogP contribution in [0.3, 0.4) is 0 Å². The van der Waals surface area contributed by atoms with Crippen molar-refractivity contribution in [1.29, 1.82) is 0 Å². The molecule has 0 radical (unpaired) electrons. The molecule has 1 aromatic heterocycles. The Balaban J connectivity index is 1.73. The van der Waals surface area contributed by atoms with Crippen molar-refractivity contribution < 1.29 is 19.1 Å². The predicted molar refractivity (Wildman–Crippen MR) is 118 cm³/mol. The molecule has 0 saturated heterocycles. The standard InChI is InChI=1S/C26H21NO4/c1-30-21-12-11-15(13-22(21)31-2)23(19-14-27-20-10-6-5-7-16(19)20)24-25(28)17-8-3-4-9-18(17)26(24)29/h3-14,23-24,27H,1-2H3. The number of Topliss-reactive ketones (excluding diaryl/α,β-unsaturated/α-hetero) is 2. The summed E-state index contributed by atoms with van der Waals surface area (Å²) in [4.78, 5) is 30.2. The first kappa shape index (κ1) is 19.1. The fourth-order valence-corrected chi connectivity index (χ4v) is 4.62. The van der Waals surface area contributed by atoms with Crippen molar-refractivity contribution in [2.24, 2.45) is 5.92 Å². The number of hydrogen-bond donors (Lipinski definition) is 1. The number of H-pyrrole nitrogens is 1. The van der Waals surface area contributed by atoms with E-state index < -0.39 is 11.8 Å². The highest BCUT2D eigenvalue weighted by molar-refractivity contribution is 6.27. The highest BCUT2D eigenvalue weighted by Crippen LogP contribution is 2.44. The molecule has 1 heterocycles. The summed E-state index contributed by atoms with van der Waals surface area (Å²) in [6.07, 6.45) is 1.90. The molecule has 5 nitrogen and oxygen atoms in total. The van der Waals surface area contributed by atoms with Gasteiger partial charge in [-0.05, 0) is 29.3 Å². The first-order valence-corrected chi connectivity index (χ1v) is 10.1. The lowest BCUT2D eigenvalue weighted by Crippen LogP contribution is -2.25. The van der Waals surface area contributed by atoms with Crippen molar-refractivity contribution >= 4 is 22.5 Å². The van der Waals surface area contributed by atoms with Gasteiger partial charge in [0.25, 0.3) is 0 Å². The molecule has 0 saturated carbocycles. The first-order valence-electron chi connectivity index (χ1n) is 10.1. The Morgan fingerprint density at radius 1 is 0.806 bits per heavy atom. The van der Waals surface area contributed by atoms with Gasteiger partial charge in [0.15, 0.2) is 23.1 Å². The molecule has 5 rings (SSSR count). The van der Waals surface area contributed by atoms with Crippen LogP contribution in [0.1, 0.15) is 37.8 Å². The van der Waals surface area contributed by atoms with Crippen LogP contribution < -0.4 is 9.47 Å². The molecule has 5 heteroatoms. The number of methoxy groups -OCH3 is 2. The van der Waals surface area contributed by atoms with Crippen LogP contribution in [0.2, 0.25) is 0 Å². The van der Waals surface area contributed by atoms with Gasteiger partial charge in [-0.1, -0.05) is 48.5 Å². The summed E-state index contributed by atoms with van der Waals surface area (Å²) < 4.78 is 10.9. The van der Waals surface area contributed by atoms with Gasteiger partial charge in [0, 0.05) is 34.1 Å². The molecule has 4 aromatic rings. The van der Waals surface area contributed by atoms with Gasteiger partial charge in [0.2, 0.25) is 0 Å². The van der Waals surface area contributed by atoms with E-state index in [1.165, 1.54) is 0 Å². The minimum absolute atomic E-state index is 0.148. The minimum atomic E-state index is -0.838. The van der Waals surface area contributed by atoms with Gasteiger partial charge in [-0.3, -0.25) is 9.59 Å². The Kier molecular flexibility index (Phi) is 4.59. The second-order valence-corrected chi connectivity index (χ2v) is 7.63. The van der Waals surface area contributed by atoms with Crippen LogP contribution in [0.25, 0.3) is 10.9 Å². The van der Waals surface area contributed by atoms with Crippen molar-refractivity contribution in [2.45, 2.75) is 5.92 Å². The van der Waals surface area contributed by atoms with Gasteiger partial charge in [0.05, 0.1) is 20.1 Å². The van der Waals surface area contributed by atoms with Crippen molar-refractivity contribution in [3.63, 3.8) is 0 Å². The van der Waals surface area contributed by atoms with E-state index in [4.69, 9.17) is 9.47 Å². The third kappa shape index (κ3) is 2.93. The molecule has 1 N–H and O–H groups in total. The minimum Gasteiger partial charge on any atom is -0.493 e. The predicted octanol–water partition coefficient (Wildman–Crippen LogP) is 5.01. The third-order valence-corrected chi connectivity index (χ3v) is 6.08. The van der Waals surface area contributed by atoms with Crippen LogP contribution in [0.4, 0.5) is 0 Å². The summed E-state index contributed by atoms with van der Waals surface area (Å²) in [6.45, 7) is 0. The number of carbonyl (C=O) groups is 2. The highest BCUT2D eigenvalue weighted by Gasteiger charge is 2.45. The highest BCUT2D eigenvalue weighted by atomic mass is 16.5. The van der Waals surface area contributed by atoms with Crippen LogP contribution in [0.5, 0.6) is 11.5 Å². The number of para-hydroxylation sites is 1. The number of carbonyl (C=O) groups excluding carboxylic acids is 2. The Labute approximate surface area is 179 Å². The molecule has 1 aliphatic carbocycles. The number of rotatable bonds is 5. The van der Waals surface area contributed by atoms with E-state index in [0.717, 1.165) is 22.0 Å². The van der Waals surface area contributed by atoms with E-state index in [1.807, 2.05) is 48.7 Å². The summed E-state index contributed by atoms with van der Waals surface area (Å²) in [5.41, 5.74) is 3.66. The zero-order valence-electron chi connectivity index (χ0n) is 17.2. The average molecular weight is 411 g/mol. The summed E-state index contributed by atoms with van der Waals surface area (Å²) >= 11 is 0. The van der Waals surface area contributed by atoms with Crippen LogP contribution in [-0.2, 0) is 0 Å². The van der Waals surface area contributed by atoms with E-state index in [2.05, 4.69) is 4.98 Å². The zero-order valence-corrected chi connectivity index (χ0v) is 17.2. The van der Waals surface area contributed by atoms with E-state index in [-0.39, 0.29) is 11.6 Å². The van der Waals surface area contributed by atoms with Gasteiger partial charge in [-0.25, -0.2) is 0 Å². The molecular formula is C26H21NO4. The van der Waals surface area contributed by atoms with Crippen LogP contribution in [-0.4, -0.2) is 30.8 Å². The monoisotopic (exact) mass is 411 g/mol. The average Bonchev–Trinajstić information content (AvgIpc) is 3.34. The maximum absolute atomic E-state index is 13.4. The Morgan fingerprint density at radius 2 is 1.45 bits per heavy atom. The maximum atomic E-state index is 13.4. The lowest BCUT2D eigenvalue weighted by molar-refractivity contribution is 0.0825. The molecule has 1 aliphatic rings. The molecule has 1 atom stereocenters. The molecule has 0 spiro atoms. The van der Waals surface area contributed by atoms with Gasteiger partial charge in [-0.2, -0.15) is 0 Å². The topological polar surface area (TPSA) is 68.4 Å². The first-order chi connectivity index (χ1) is 15.1. The summed E-state index contributed by atoms with van der Waals surface area (Å²) in [7, 11) is 3.15. The van der Waals surface area contributed by atoms with Crippen LogP contribution >= 0.6 is 0 Å². The lowest BCUT2D eigenvalue weighted by atomic mass is 9.78. The third-order valence-electron chi connectivity index (χ3n) is 6.08. The number of aromatic amines is 1. The Morgan fingerprint density at radius 3 is 2.13 bits per heavy atom. The number of ether oxygens (including phenoxy) is 2. The molecule has 1 unspecified atom stereocenters. The van der Waals surface area contributed by atoms with Gasteiger partial charge in [-0.15, -0.1) is 0 Å². The second-order valence-electron chi connectivity index (χ2n) is 7.63. The largest absolute Gasteiger partial charge is 0.493 e. The molecule has 0 fully saturated rings.